The number of anilines is 1. The molecule has 3 aromatic rings. The summed E-state index contributed by atoms with van der Waals surface area (Å²) in [6, 6.07) is 16.4. The van der Waals surface area contributed by atoms with Gasteiger partial charge in [-0.3, -0.25) is 4.79 Å². The minimum Gasteiger partial charge on any atom is -0.371 e. The number of aromatic nitrogens is 1. The van der Waals surface area contributed by atoms with E-state index in [1.165, 1.54) is 30.5 Å². The molecule has 1 saturated heterocycles. The van der Waals surface area contributed by atoms with Crippen LogP contribution in [0, 0.1) is 0 Å². The lowest BCUT2D eigenvalue weighted by Gasteiger charge is -2.31. The first-order valence-corrected chi connectivity index (χ1v) is 11.0. The number of para-hydroxylation sites is 2. The molecule has 0 saturated carbocycles. The number of likely N-dealkylation sites (N-methyl/N-ethyl adjacent to an activating group) is 1. The van der Waals surface area contributed by atoms with Crippen LogP contribution in [0.1, 0.15) is 29.8 Å². The molecule has 5 nitrogen and oxygen atoms in total. The SMILES string of the molecule is CN(Cc1ccccc1N1CCCCC1)C(=O)COCc1nc2ccccc2s1. The van der Waals surface area contributed by atoms with Gasteiger partial charge in [-0.1, -0.05) is 30.3 Å². The molecule has 1 aliphatic rings. The number of hydrogen-bond donors (Lipinski definition) is 0. The van der Waals surface area contributed by atoms with E-state index in [0.717, 1.165) is 28.3 Å². The quantitative estimate of drug-likeness (QED) is 0.578. The fraction of sp³-hybridized carbons (Fsp3) is 0.391. The smallest absolute Gasteiger partial charge is 0.248 e. The monoisotopic (exact) mass is 409 g/mol. The van der Waals surface area contributed by atoms with Crippen molar-refractivity contribution in [3.63, 3.8) is 0 Å². The summed E-state index contributed by atoms with van der Waals surface area (Å²) < 4.78 is 6.81. The highest BCUT2D eigenvalue weighted by atomic mass is 32.1. The summed E-state index contributed by atoms with van der Waals surface area (Å²) >= 11 is 1.61. The van der Waals surface area contributed by atoms with E-state index in [0.29, 0.717) is 13.2 Å². The number of ether oxygens (including phenoxy) is 1. The van der Waals surface area contributed by atoms with Gasteiger partial charge in [-0.05, 0) is 43.0 Å². The third-order valence-corrected chi connectivity index (χ3v) is 6.32. The molecule has 1 aromatic heterocycles. The number of piperidine rings is 1. The van der Waals surface area contributed by atoms with E-state index in [2.05, 4.69) is 34.1 Å². The fourth-order valence-electron chi connectivity index (χ4n) is 3.75. The average molecular weight is 410 g/mol. The molecule has 1 aliphatic heterocycles. The zero-order valence-electron chi connectivity index (χ0n) is 16.8. The van der Waals surface area contributed by atoms with Crippen LogP contribution in [-0.2, 0) is 22.7 Å². The Bertz CT molecular complexity index is 932. The highest BCUT2D eigenvalue weighted by molar-refractivity contribution is 7.18. The fourth-order valence-corrected chi connectivity index (χ4v) is 4.65. The summed E-state index contributed by atoms with van der Waals surface area (Å²) in [5.74, 6) is -0.0143. The number of amides is 1. The standard InChI is InChI=1S/C23H27N3O2S/c1-25(15-18-9-3-5-11-20(18)26-13-7-2-8-14-26)23(27)17-28-16-22-24-19-10-4-6-12-21(19)29-22/h3-6,9-12H,2,7-8,13-17H2,1H3. The van der Waals surface area contributed by atoms with Crippen LogP contribution < -0.4 is 4.90 Å². The third-order valence-electron chi connectivity index (χ3n) is 5.31. The number of carbonyl (C=O) groups is 1. The van der Waals surface area contributed by atoms with Crippen molar-refractivity contribution in [2.24, 2.45) is 0 Å². The first-order valence-electron chi connectivity index (χ1n) is 10.2. The van der Waals surface area contributed by atoms with Crippen molar-refractivity contribution in [3.8, 4) is 0 Å². The van der Waals surface area contributed by atoms with Crippen LogP contribution in [0.5, 0.6) is 0 Å². The van der Waals surface area contributed by atoms with E-state index in [9.17, 15) is 4.79 Å². The van der Waals surface area contributed by atoms with Crippen molar-refractivity contribution < 1.29 is 9.53 Å². The number of carbonyl (C=O) groups excluding carboxylic acids is 1. The predicted molar refractivity (Wildman–Crippen MR) is 118 cm³/mol. The van der Waals surface area contributed by atoms with Crippen LogP contribution in [0.2, 0.25) is 0 Å². The summed E-state index contributed by atoms with van der Waals surface area (Å²) in [7, 11) is 1.84. The minimum atomic E-state index is -0.0143. The van der Waals surface area contributed by atoms with Gasteiger partial charge >= 0.3 is 0 Å². The van der Waals surface area contributed by atoms with E-state index in [1.54, 1.807) is 16.2 Å². The highest BCUT2D eigenvalue weighted by Gasteiger charge is 2.17. The molecule has 0 atom stereocenters. The van der Waals surface area contributed by atoms with Crippen molar-refractivity contribution in [1.82, 2.24) is 9.88 Å². The largest absolute Gasteiger partial charge is 0.371 e. The molecule has 0 radical (unpaired) electrons. The third kappa shape index (κ3) is 4.95. The number of nitrogens with zero attached hydrogens (tertiary/aromatic N) is 3. The van der Waals surface area contributed by atoms with Gasteiger partial charge in [0.1, 0.15) is 11.6 Å². The van der Waals surface area contributed by atoms with Crippen molar-refractivity contribution >= 4 is 33.1 Å². The molecule has 0 N–H and O–H groups in total. The molecular weight excluding hydrogens is 382 g/mol. The van der Waals surface area contributed by atoms with Crippen molar-refractivity contribution in [2.75, 3.05) is 31.6 Å². The van der Waals surface area contributed by atoms with Crippen molar-refractivity contribution in [2.45, 2.75) is 32.4 Å². The Morgan fingerprint density at radius 1 is 1.10 bits per heavy atom. The van der Waals surface area contributed by atoms with Crippen molar-refractivity contribution in [3.05, 3.63) is 59.1 Å². The first kappa shape index (κ1) is 19.9. The zero-order chi connectivity index (χ0) is 20.1. The van der Waals surface area contributed by atoms with Gasteiger partial charge in [0.25, 0.3) is 0 Å². The van der Waals surface area contributed by atoms with E-state index < -0.39 is 0 Å². The van der Waals surface area contributed by atoms with E-state index in [-0.39, 0.29) is 12.5 Å². The zero-order valence-corrected chi connectivity index (χ0v) is 17.7. The topological polar surface area (TPSA) is 45.7 Å². The number of hydrogen-bond acceptors (Lipinski definition) is 5. The summed E-state index contributed by atoms with van der Waals surface area (Å²) in [4.78, 5) is 21.3. The summed E-state index contributed by atoms with van der Waals surface area (Å²) in [5, 5.41) is 0.900. The van der Waals surface area contributed by atoms with E-state index in [1.807, 2.05) is 31.3 Å². The second-order valence-electron chi connectivity index (χ2n) is 7.49. The van der Waals surface area contributed by atoms with Gasteiger partial charge in [0.15, 0.2) is 0 Å². The molecule has 1 amide bonds. The lowest BCUT2D eigenvalue weighted by Crippen LogP contribution is -2.33. The van der Waals surface area contributed by atoms with Crippen LogP contribution in [0.15, 0.2) is 48.5 Å². The normalized spacial score (nSPS) is 14.3. The molecule has 29 heavy (non-hydrogen) atoms. The summed E-state index contributed by atoms with van der Waals surface area (Å²) in [6.07, 6.45) is 3.79. The maximum atomic E-state index is 12.6. The predicted octanol–water partition coefficient (Wildman–Crippen LogP) is 4.46. The van der Waals surface area contributed by atoms with E-state index in [4.69, 9.17) is 4.74 Å². The van der Waals surface area contributed by atoms with Crippen LogP contribution in [-0.4, -0.2) is 42.5 Å². The molecule has 6 heteroatoms. The molecule has 0 bridgehead atoms. The van der Waals surface area contributed by atoms with Gasteiger partial charge < -0.3 is 14.5 Å². The Morgan fingerprint density at radius 2 is 1.86 bits per heavy atom. The molecule has 2 heterocycles. The number of benzene rings is 2. The van der Waals surface area contributed by atoms with Crippen molar-refractivity contribution in [1.29, 1.82) is 0 Å². The van der Waals surface area contributed by atoms with Crippen LogP contribution in [0.3, 0.4) is 0 Å². The maximum absolute atomic E-state index is 12.6. The number of thiazole rings is 1. The Labute approximate surface area is 175 Å². The molecule has 4 rings (SSSR count). The summed E-state index contributed by atoms with van der Waals surface area (Å²) in [5.41, 5.74) is 3.42. The molecular formula is C23H27N3O2S. The van der Waals surface area contributed by atoms with E-state index >= 15 is 0 Å². The molecule has 152 valence electrons. The molecule has 0 unspecified atom stereocenters. The molecule has 1 fully saturated rings. The number of rotatable bonds is 7. The van der Waals surface area contributed by atoms with Crippen LogP contribution >= 0.6 is 11.3 Å². The Balaban J connectivity index is 1.31. The highest BCUT2D eigenvalue weighted by Crippen LogP contribution is 2.25. The van der Waals surface area contributed by atoms with Crippen LogP contribution in [0.4, 0.5) is 5.69 Å². The maximum Gasteiger partial charge on any atom is 0.248 e. The molecule has 0 spiro atoms. The average Bonchev–Trinajstić information content (AvgIpc) is 3.17. The van der Waals surface area contributed by atoms with Gasteiger partial charge in [-0.15, -0.1) is 11.3 Å². The Hall–Kier alpha value is -2.44. The van der Waals surface area contributed by atoms with Gasteiger partial charge in [0.05, 0.1) is 16.8 Å². The van der Waals surface area contributed by atoms with Gasteiger partial charge in [-0.2, -0.15) is 0 Å². The lowest BCUT2D eigenvalue weighted by atomic mass is 10.1. The van der Waals surface area contributed by atoms with Gasteiger partial charge in [-0.25, -0.2) is 4.98 Å². The van der Waals surface area contributed by atoms with Gasteiger partial charge in [0, 0.05) is 32.4 Å². The summed E-state index contributed by atoms with van der Waals surface area (Å²) in [6.45, 7) is 3.22. The van der Waals surface area contributed by atoms with Crippen LogP contribution in [0.25, 0.3) is 10.2 Å². The molecule has 0 aliphatic carbocycles. The second-order valence-corrected chi connectivity index (χ2v) is 8.61. The molecule has 2 aromatic carbocycles. The van der Waals surface area contributed by atoms with Gasteiger partial charge in [0.2, 0.25) is 5.91 Å². The number of fused-ring (bicyclic) bond motifs is 1. The second kappa shape index (κ2) is 9.37. The minimum absolute atomic E-state index is 0.0143. The Kier molecular flexibility index (Phi) is 6.42. The first-order chi connectivity index (χ1) is 14.2. The lowest BCUT2D eigenvalue weighted by molar-refractivity contribution is -0.135. The Morgan fingerprint density at radius 3 is 2.69 bits per heavy atom.